The Kier molecular flexibility index (Phi) is 6.96. The molecule has 0 spiro atoms. The second-order valence-electron chi connectivity index (χ2n) is 7.91. The van der Waals surface area contributed by atoms with E-state index in [-0.39, 0.29) is 18.7 Å². The first-order chi connectivity index (χ1) is 16.9. The number of carbonyl (C=O) groups excluding carboxylic acids is 3. The Morgan fingerprint density at radius 2 is 1.66 bits per heavy atom. The second kappa shape index (κ2) is 10.3. The molecule has 35 heavy (non-hydrogen) atoms. The van der Waals surface area contributed by atoms with Crippen molar-refractivity contribution < 1.29 is 28.2 Å². The second-order valence-corrected chi connectivity index (χ2v) is 7.91. The van der Waals surface area contributed by atoms with Crippen LogP contribution >= 0.6 is 0 Å². The minimum Gasteiger partial charge on any atom is -0.497 e. The molecule has 0 bridgehead atoms. The van der Waals surface area contributed by atoms with Crippen molar-refractivity contribution in [3.8, 4) is 11.5 Å². The van der Waals surface area contributed by atoms with Gasteiger partial charge in [-0.15, -0.1) is 0 Å². The number of imide groups is 1. The first kappa shape index (κ1) is 23.7. The quantitative estimate of drug-likeness (QED) is 0.491. The summed E-state index contributed by atoms with van der Waals surface area (Å²) >= 11 is 0. The number of halogens is 1. The van der Waals surface area contributed by atoms with E-state index < -0.39 is 29.7 Å². The van der Waals surface area contributed by atoms with Gasteiger partial charge in [-0.2, -0.15) is 0 Å². The first-order valence-corrected chi connectivity index (χ1v) is 10.9. The van der Waals surface area contributed by atoms with Crippen LogP contribution in [0.4, 0.5) is 20.6 Å². The first-order valence-electron chi connectivity index (χ1n) is 10.9. The van der Waals surface area contributed by atoms with Crippen LogP contribution in [0, 0.1) is 5.82 Å². The predicted octanol–water partition coefficient (Wildman–Crippen LogP) is 4.21. The van der Waals surface area contributed by atoms with Crippen molar-refractivity contribution in [1.29, 1.82) is 0 Å². The molecule has 4 amide bonds. The number of anilines is 2. The summed E-state index contributed by atoms with van der Waals surface area (Å²) in [5, 5.41) is 2.59. The van der Waals surface area contributed by atoms with Gasteiger partial charge in [-0.05, 0) is 60.2 Å². The van der Waals surface area contributed by atoms with Gasteiger partial charge in [-0.1, -0.05) is 18.2 Å². The molecule has 3 aromatic carbocycles. The van der Waals surface area contributed by atoms with Crippen LogP contribution < -0.4 is 19.7 Å². The monoisotopic (exact) mass is 477 g/mol. The Hall–Kier alpha value is -4.40. The van der Waals surface area contributed by atoms with E-state index in [1.807, 2.05) is 0 Å². The predicted molar refractivity (Wildman–Crippen MR) is 128 cm³/mol. The molecule has 1 saturated heterocycles. The summed E-state index contributed by atoms with van der Waals surface area (Å²) in [6.45, 7) is 0.0896. The standard InChI is InChI=1S/C26H24FN3O5/c1-34-21-11-9-20(10-12-21)30-25(32)23(15-24(31)28-19-7-4-6-18(27)14-19)29(26(30)33)16-17-5-3-8-22(13-17)35-2/h3-14,23H,15-16H2,1-2H3,(H,28,31)/t23-/m1/s1. The van der Waals surface area contributed by atoms with Crippen molar-refractivity contribution in [3.63, 3.8) is 0 Å². The average Bonchev–Trinajstić information content (AvgIpc) is 3.08. The van der Waals surface area contributed by atoms with Gasteiger partial charge in [0.1, 0.15) is 23.4 Å². The van der Waals surface area contributed by atoms with Gasteiger partial charge in [-0.25, -0.2) is 14.1 Å². The van der Waals surface area contributed by atoms with Gasteiger partial charge in [0.2, 0.25) is 5.91 Å². The van der Waals surface area contributed by atoms with E-state index in [9.17, 15) is 18.8 Å². The molecule has 1 N–H and O–H groups in total. The van der Waals surface area contributed by atoms with E-state index in [1.165, 1.54) is 37.3 Å². The van der Waals surface area contributed by atoms with Crippen LogP contribution in [0.3, 0.4) is 0 Å². The van der Waals surface area contributed by atoms with Crippen molar-refractivity contribution in [1.82, 2.24) is 4.90 Å². The third-order valence-electron chi connectivity index (χ3n) is 5.62. The van der Waals surface area contributed by atoms with Gasteiger partial charge in [0, 0.05) is 12.2 Å². The molecule has 0 aliphatic carbocycles. The van der Waals surface area contributed by atoms with Crippen molar-refractivity contribution in [2.75, 3.05) is 24.4 Å². The van der Waals surface area contributed by atoms with E-state index in [0.29, 0.717) is 17.2 Å². The smallest absolute Gasteiger partial charge is 0.332 e. The number of nitrogens with one attached hydrogen (secondary N) is 1. The van der Waals surface area contributed by atoms with Crippen LogP contribution in [0.5, 0.6) is 11.5 Å². The van der Waals surface area contributed by atoms with Crippen LogP contribution in [-0.4, -0.2) is 43.0 Å². The molecule has 1 heterocycles. The minimum absolute atomic E-state index is 0.0896. The van der Waals surface area contributed by atoms with Crippen LogP contribution in [0.15, 0.2) is 72.8 Å². The molecular formula is C26H24FN3O5. The number of benzene rings is 3. The number of methoxy groups -OCH3 is 2. The van der Waals surface area contributed by atoms with Gasteiger partial charge < -0.3 is 19.7 Å². The molecule has 0 unspecified atom stereocenters. The maximum Gasteiger partial charge on any atom is 0.332 e. The van der Waals surface area contributed by atoms with Crippen molar-refractivity contribution in [2.45, 2.75) is 19.0 Å². The minimum atomic E-state index is -1.05. The number of rotatable bonds is 8. The molecule has 9 heteroatoms. The summed E-state index contributed by atoms with van der Waals surface area (Å²) in [5.74, 6) is -0.369. The summed E-state index contributed by atoms with van der Waals surface area (Å²) in [7, 11) is 3.05. The Bertz CT molecular complexity index is 1250. The van der Waals surface area contributed by atoms with E-state index >= 15 is 0 Å². The molecule has 0 radical (unpaired) electrons. The van der Waals surface area contributed by atoms with Gasteiger partial charge in [0.15, 0.2) is 0 Å². The summed E-state index contributed by atoms with van der Waals surface area (Å²) in [4.78, 5) is 42.0. The summed E-state index contributed by atoms with van der Waals surface area (Å²) in [6.07, 6.45) is -0.294. The fraction of sp³-hybridized carbons (Fsp3) is 0.192. The molecule has 3 aromatic rings. The van der Waals surface area contributed by atoms with Crippen LogP contribution in [-0.2, 0) is 16.1 Å². The highest BCUT2D eigenvalue weighted by Crippen LogP contribution is 2.30. The summed E-state index contributed by atoms with van der Waals surface area (Å²) in [5.41, 5.74) is 1.36. The lowest BCUT2D eigenvalue weighted by Crippen LogP contribution is -2.37. The third-order valence-corrected chi connectivity index (χ3v) is 5.62. The SMILES string of the molecule is COc1ccc(N2C(=O)[C@@H](CC(=O)Nc3cccc(F)c3)N(Cc3cccc(OC)c3)C2=O)cc1. The van der Waals surface area contributed by atoms with E-state index in [4.69, 9.17) is 9.47 Å². The van der Waals surface area contributed by atoms with E-state index in [1.54, 1.807) is 54.6 Å². The molecule has 8 nitrogen and oxygen atoms in total. The number of ether oxygens (including phenoxy) is 2. The normalized spacial score (nSPS) is 15.3. The van der Waals surface area contributed by atoms with Gasteiger partial charge >= 0.3 is 6.03 Å². The molecule has 1 fully saturated rings. The zero-order valence-electron chi connectivity index (χ0n) is 19.2. The molecule has 0 aromatic heterocycles. The third kappa shape index (κ3) is 5.24. The highest BCUT2D eigenvalue weighted by Gasteiger charge is 2.46. The highest BCUT2D eigenvalue weighted by molar-refractivity contribution is 6.22. The van der Waals surface area contributed by atoms with Crippen LogP contribution in [0.1, 0.15) is 12.0 Å². The molecule has 1 aliphatic rings. The number of hydrogen-bond acceptors (Lipinski definition) is 5. The topological polar surface area (TPSA) is 88.2 Å². The number of carbonyl (C=O) groups is 3. The number of hydrogen-bond donors (Lipinski definition) is 1. The van der Waals surface area contributed by atoms with E-state index in [0.717, 1.165) is 10.5 Å². The van der Waals surface area contributed by atoms with Crippen molar-refractivity contribution >= 4 is 29.2 Å². The molecule has 180 valence electrons. The Labute approximate surface area is 201 Å². The maximum absolute atomic E-state index is 13.5. The summed E-state index contributed by atoms with van der Waals surface area (Å²) in [6, 6.07) is 17.5. The van der Waals surface area contributed by atoms with Crippen molar-refractivity contribution in [3.05, 3.63) is 84.2 Å². The number of nitrogens with zero attached hydrogens (tertiary/aromatic N) is 2. The van der Waals surface area contributed by atoms with E-state index in [2.05, 4.69) is 5.32 Å². The molecule has 1 aliphatic heterocycles. The molecular weight excluding hydrogens is 453 g/mol. The van der Waals surface area contributed by atoms with Gasteiger partial charge in [0.25, 0.3) is 5.91 Å². The van der Waals surface area contributed by atoms with Crippen molar-refractivity contribution in [2.24, 2.45) is 0 Å². The Balaban J connectivity index is 1.61. The zero-order chi connectivity index (χ0) is 24.9. The maximum atomic E-state index is 13.5. The lowest BCUT2D eigenvalue weighted by atomic mass is 10.1. The van der Waals surface area contributed by atoms with Gasteiger partial charge in [0.05, 0.1) is 26.3 Å². The van der Waals surface area contributed by atoms with Crippen LogP contribution in [0.25, 0.3) is 0 Å². The fourth-order valence-electron chi connectivity index (χ4n) is 3.90. The molecule has 0 saturated carbocycles. The Morgan fingerprint density at radius 3 is 2.34 bits per heavy atom. The fourth-order valence-corrected chi connectivity index (χ4v) is 3.90. The lowest BCUT2D eigenvalue weighted by molar-refractivity contribution is -0.124. The Morgan fingerprint density at radius 1 is 0.943 bits per heavy atom. The average molecular weight is 477 g/mol. The molecule has 1 atom stereocenters. The zero-order valence-corrected chi connectivity index (χ0v) is 19.2. The largest absolute Gasteiger partial charge is 0.497 e. The lowest BCUT2D eigenvalue weighted by Gasteiger charge is -2.22. The highest BCUT2D eigenvalue weighted by atomic mass is 19.1. The number of urea groups is 1. The summed E-state index contributed by atoms with van der Waals surface area (Å²) < 4.78 is 23.9. The van der Waals surface area contributed by atoms with Gasteiger partial charge in [-0.3, -0.25) is 9.59 Å². The van der Waals surface area contributed by atoms with Crippen LogP contribution in [0.2, 0.25) is 0 Å². The molecule has 4 rings (SSSR count). The number of amides is 4.